The van der Waals surface area contributed by atoms with Crippen molar-refractivity contribution in [1.29, 1.82) is 0 Å². The number of ether oxygens (including phenoxy) is 2. The molecule has 32 heavy (non-hydrogen) atoms. The van der Waals surface area contributed by atoms with E-state index < -0.39 is 0 Å². The lowest BCUT2D eigenvalue weighted by molar-refractivity contribution is 0.411. The summed E-state index contributed by atoms with van der Waals surface area (Å²) in [5.74, 6) is 1.77. The normalized spacial score (nSPS) is 21.7. The van der Waals surface area contributed by atoms with Gasteiger partial charge in [-0.15, -0.1) is 0 Å². The van der Waals surface area contributed by atoms with E-state index in [2.05, 4.69) is 104 Å². The first-order chi connectivity index (χ1) is 15.6. The first kappa shape index (κ1) is 20.4. The van der Waals surface area contributed by atoms with E-state index in [9.17, 15) is 0 Å². The van der Waals surface area contributed by atoms with Gasteiger partial charge in [-0.2, -0.15) is 0 Å². The summed E-state index contributed by atoms with van der Waals surface area (Å²) in [6, 6.07) is 36.8. The summed E-state index contributed by atoms with van der Waals surface area (Å²) >= 11 is 0. The SMILES string of the molecule is COc1cccc(C2(c3ccccc3)CC(C)(c3ccccc3)c3cc(OC)ccc32)c1. The van der Waals surface area contributed by atoms with Crippen LogP contribution in [0.4, 0.5) is 0 Å². The Bertz CT molecular complexity index is 1230. The molecule has 0 saturated carbocycles. The maximum absolute atomic E-state index is 5.66. The number of benzene rings is 4. The molecule has 2 heteroatoms. The summed E-state index contributed by atoms with van der Waals surface area (Å²) in [5.41, 5.74) is 6.01. The Morgan fingerprint density at radius 3 is 1.81 bits per heavy atom. The van der Waals surface area contributed by atoms with Gasteiger partial charge in [0.05, 0.1) is 14.2 Å². The molecule has 0 aromatic heterocycles. The van der Waals surface area contributed by atoms with Crippen LogP contribution in [0.1, 0.15) is 41.2 Å². The summed E-state index contributed by atoms with van der Waals surface area (Å²) in [6.07, 6.45) is 0.920. The van der Waals surface area contributed by atoms with Crippen LogP contribution in [0.3, 0.4) is 0 Å². The molecule has 0 N–H and O–H groups in total. The summed E-state index contributed by atoms with van der Waals surface area (Å²) in [7, 11) is 3.47. The number of hydrogen-bond acceptors (Lipinski definition) is 2. The molecule has 0 fully saturated rings. The van der Waals surface area contributed by atoms with Crippen molar-refractivity contribution >= 4 is 0 Å². The Hall–Kier alpha value is -3.52. The third-order valence-corrected chi connectivity index (χ3v) is 7.14. The third kappa shape index (κ3) is 3.02. The zero-order valence-electron chi connectivity index (χ0n) is 18.8. The molecule has 0 spiro atoms. The lowest BCUT2D eigenvalue weighted by atomic mass is 9.67. The van der Waals surface area contributed by atoms with Gasteiger partial charge in [0.25, 0.3) is 0 Å². The van der Waals surface area contributed by atoms with Crippen LogP contribution < -0.4 is 9.47 Å². The lowest BCUT2D eigenvalue weighted by Gasteiger charge is -2.35. The Labute approximate surface area is 190 Å². The molecule has 2 atom stereocenters. The van der Waals surface area contributed by atoms with Crippen molar-refractivity contribution in [2.75, 3.05) is 14.2 Å². The molecule has 1 aliphatic rings. The van der Waals surface area contributed by atoms with Crippen LogP contribution in [0.5, 0.6) is 11.5 Å². The third-order valence-electron chi connectivity index (χ3n) is 7.14. The van der Waals surface area contributed by atoms with Gasteiger partial charge in [-0.1, -0.05) is 85.8 Å². The second-order valence-corrected chi connectivity index (χ2v) is 8.79. The van der Waals surface area contributed by atoms with Crippen molar-refractivity contribution in [2.24, 2.45) is 0 Å². The maximum Gasteiger partial charge on any atom is 0.119 e. The highest BCUT2D eigenvalue weighted by Gasteiger charge is 2.52. The molecular weight excluding hydrogens is 392 g/mol. The molecule has 0 amide bonds. The van der Waals surface area contributed by atoms with Gasteiger partial charge in [-0.3, -0.25) is 0 Å². The zero-order chi connectivity index (χ0) is 22.2. The van der Waals surface area contributed by atoms with E-state index in [-0.39, 0.29) is 10.8 Å². The summed E-state index contributed by atoms with van der Waals surface area (Å²) in [4.78, 5) is 0. The van der Waals surface area contributed by atoms with Crippen molar-refractivity contribution in [3.05, 3.63) is 131 Å². The van der Waals surface area contributed by atoms with E-state index in [4.69, 9.17) is 9.47 Å². The van der Waals surface area contributed by atoms with Crippen LogP contribution in [0, 0.1) is 0 Å². The second kappa shape index (κ2) is 7.87. The maximum atomic E-state index is 5.66. The van der Waals surface area contributed by atoms with Crippen molar-refractivity contribution < 1.29 is 9.47 Å². The van der Waals surface area contributed by atoms with Crippen LogP contribution in [0.15, 0.2) is 103 Å². The van der Waals surface area contributed by atoms with Crippen molar-refractivity contribution in [2.45, 2.75) is 24.2 Å². The fourth-order valence-electron chi connectivity index (χ4n) is 5.56. The standard InChI is InChI=1S/C30H28O2/c1-29(22-11-6-4-7-12-22)21-30(23-13-8-5-9-14-23,24-15-10-16-25(19-24)31-2)27-18-17-26(32-3)20-28(27)29/h4-20H,21H2,1-3H3. The largest absolute Gasteiger partial charge is 0.497 e. The minimum Gasteiger partial charge on any atom is -0.497 e. The smallest absolute Gasteiger partial charge is 0.119 e. The van der Waals surface area contributed by atoms with E-state index in [1.165, 1.54) is 27.8 Å². The number of fused-ring (bicyclic) bond motifs is 1. The van der Waals surface area contributed by atoms with Gasteiger partial charge in [0.2, 0.25) is 0 Å². The minimum atomic E-state index is -0.304. The van der Waals surface area contributed by atoms with Crippen LogP contribution >= 0.6 is 0 Å². The molecule has 0 radical (unpaired) electrons. The Morgan fingerprint density at radius 1 is 0.562 bits per heavy atom. The average Bonchev–Trinajstić information content (AvgIpc) is 3.15. The molecule has 0 aliphatic heterocycles. The summed E-state index contributed by atoms with van der Waals surface area (Å²) in [5, 5.41) is 0. The highest BCUT2D eigenvalue weighted by atomic mass is 16.5. The Kier molecular flexibility index (Phi) is 5.01. The van der Waals surface area contributed by atoms with Crippen LogP contribution in [-0.4, -0.2) is 14.2 Å². The first-order valence-corrected chi connectivity index (χ1v) is 11.1. The fourth-order valence-corrected chi connectivity index (χ4v) is 5.56. The van der Waals surface area contributed by atoms with E-state index in [1.54, 1.807) is 14.2 Å². The summed E-state index contributed by atoms with van der Waals surface area (Å²) in [6.45, 7) is 2.37. The van der Waals surface area contributed by atoms with Crippen LogP contribution in [0.25, 0.3) is 0 Å². The van der Waals surface area contributed by atoms with Gasteiger partial charge >= 0.3 is 0 Å². The quantitative estimate of drug-likeness (QED) is 0.356. The zero-order valence-corrected chi connectivity index (χ0v) is 18.8. The number of rotatable bonds is 5. The van der Waals surface area contributed by atoms with E-state index in [1.807, 2.05) is 6.07 Å². The molecule has 2 nitrogen and oxygen atoms in total. The first-order valence-electron chi connectivity index (χ1n) is 11.1. The molecule has 0 saturated heterocycles. The molecule has 2 unspecified atom stereocenters. The highest BCUT2D eigenvalue weighted by molar-refractivity contribution is 5.64. The second-order valence-electron chi connectivity index (χ2n) is 8.79. The monoisotopic (exact) mass is 420 g/mol. The van der Waals surface area contributed by atoms with Gasteiger partial charge in [-0.05, 0) is 58.5 Å². The highest BCUT2D eigenvalue weighted by Crippen LogP contribution is 2.59. The molecule has 4 aromatic carbocycles. The molecule has 5 rings (SSSR count). The predicted octanol–water partition coefficient (Wildman–Crippen LogP) is 6.75. The van der Waals surface area contributed by atoms with Gasteiger partial charge in [0.15, 0.2) is 0 Å². The Morgan fingerprint density at radius 2 is 1.16 bits per heavy atom. The number of methoxy groups -OCH3 is 2. The van der Waals surface area contributed by atoms with Crippen molar-refractivity contribution in [1.82, 2.24) is 0 Å². The van der Waals surface area contributed by atoms with Crippen LogP contribution in [0.2, 0.25) is 0 Å². The van der Waals surface area contributed by atoms with E-state index in [0.29, 0.717) is 0 Å². The molecule has 0 bridgehead atoms. The van der Waals surface area contributed by atoms with E-state index >= 15 is 0 Å². The van der Waals surface area contributed by atoms with Crippen LogP contribution in [-0.2, 0) is 10.8 Å². The Balaban J connectivity index is 1.86. The van der Waals surface area contributed by atoms with Crippen molar-refractivity contribution in [3.8, 4) is 11.5 Å². The molecule has 160 valence electrons. The molecule has 4 aromatic rings. The summed E-state index contributed by atoms with van der Waals surface area (Å²) < 4.78 is 11.3. The average molecular weight is 421 g/mol. The minimum absolute atomic E-state index is 0.177. The van der Waals surface area contributed by atoms with Gasteiger partial charge in [0.1, 0.15) is 11.5 Å². The van der Waals surface area contributed by atoms with Crippen molar-refractivity contribution in [3.63, 3.8) is 0 Å². The lowest BCUT2D eigenvalue weighted by Crippen LogP contribution is -2.30. The molecule has 1 aliphatic carbocycles. The topological polar surface area (TPSA) is 18.5 Å². The fraction of sp³-hybridized carbons (Fsp3) is 0.200. The predicted molar refractivity (Wildman–Crippen MR) is 130 cm³/mol. The van der Waals surface area contributed by atoms with E-state index in [0.717, 1.165) is 17.9 Å². The molecule has 0 heterocycles. The van der Waals surface area contributed by atoms with Gasteiger partial charge in [-0.25, -0.2) is 0 Å². The van der Waals surface area contributed by atoms with Gasteiger partial charge in [0, 0.05) is 10.8 Å². The number of hydrogen-bond donors (Lipinski definition) is 0. The molecular formula is C30H28O2. The van der Waals surface area contributed by atoms with Gasteiger partial charge < -0.3 is 9.47 Å².